The van der Waals surface area contributed by atoms with Crippen LogP contribution >= 0.6 is 12.4 Å². The molecule has 0 radical (unpaired) electrons. The van der Waals surface area contributed by atoms with Crippen LogP contribution in [0.15, 0.2) is 0 Å². The molecule has 1 fully saturated rings. The second-order valence-electron chi connectivity index (χ2n) is 3.13. The Labute approximate surface area is 91.0 Å². The summed E-state index contributed by atoms with van der Waals surface area (Å²) in [6.45, 7) is 4.58. The number of halogens is 1. The van der Waals surface area contributed by atoms with Gasteiger partial charge in [-0.25, -0.2) is 0 Å². The maximum Gasteiger partial charge on any atom is 0.305 e. The van der Waals surface area contributed by atoms with E-state index in [9.17, 15) is 4.79 Å². The largest absolute Gasteiger partial charge is 0.469 e. The summed E-state index contributed by atoms with van der Waals surface area (Å²) in [4.78, 5) is 13.1. The lowest BCUT2D eigenvalue weighted by Crippen LogP contribution is -2.36. The standard InChI is InChI=1S/C9H17NO3.ClH/c1-12-9(11)3-2-4-10-5-7-13-8-6-10;/h2-8H2,1H3;1H. The average Bonchev–Trinajstić information content (AvgIpc) is 2.19. The first-order valence-electron chi connectivity index (χ1n) is 4.70. The molecule has 0 aromatic carbocycles. The Morgan fingerprint density at radius 2 is 2.07 bits per heavy atom. The van der Waals surface area contributed by atoms with Crippen molar-refractivity contribution in [2.45, 2.75) is 12.8 Å². The molecule has 1 heterocycles. The molecule has 0 N–H and O–H groups in total. The Morgan fingerprint density at radius 3 is 2.64 bits per heavy atom. The molecule has 1 aliphatic rings. The molecule has 0 aliphatic carbocycles. The van der Waals surface area contributed by atoms with Gasteiger partial charge in [0.05, 0.1) is 20.3 Å². The monoisotopic (exact) mass is 223 g/mol. The molecular formula is C9H18ClNO3. The Balaban J connectivity index is 0.00000169. The van der Waals surface area contributed by atoms with E-state index in [4.69, 9.17) is 4.74 Å². The Hall–Kier alpha value is -0.320. The summed E-state index contributed by atoms with van der Waals surface area (Å²) in [5, 5.41) is 0. The number of hydrogen-bond acceptors (Lipinski definition) is 4. The predicted molar refractivity (Wildman–Crippen MR) is 55.8 cm³/mol. The van der Waals surface area contributed by atoms with Gasteiger partial charge in [0.1, 0.15) is 0 Å². The predicted octanol–water partition coefficient (Wildman–Crippen LogP) is 0.694. The van der Waals surface area contributed by atoms with Crippen LogP contribution in [0.3, 0.4) is 0 Å². The zero-order valence-corrected chi connectivity index (χ0v) is 9.35. The summed E-state index contributed by atoms with van der Waals surface area (Å²) in [7, 11) is 1.43. The van der Waals surface area contributed by atoms with Crippen LogP contribution in [0, 0.1) is 0 Å². The van der Waals surface area contributed by atoms with Gasteiger partial charge in [0.2, 0.25) is 0 Å². The van der Waals surface area contributed by atoms with Crippen molar-refractivity contribution >= 4 is 18.4 Å². The van der Waals surface area contributed by atoms with Gasteiger partial charge in [-0.3, -0.25) is 9.69 Å². The van der Waals surface area contributed by atoms with Crippen molar-refractivity contribution in [3.05, 3.63) is 0 Å². The quantitative estimate of drug-likeness (QED) is 0.658. The summed E-state index contributed by atoms with van der Waals surface area (Å²) >= 11 is 0. The number of morpholine rings is 1. The maximum atomic E-state index is 10.8. The van der Waals surface area contributed by atoms with Gasteiger partial charge >= 0.3 is 5.97 Å². The molecule has 1 aliphatic heterocycles. The molecule has 0 amide bonds. The van der Waals surface area contributed by atoms with E-state index in [0.717, 1.165) is 39.3 Å². The summed E-state index contributed by atoms with van der Waals surface area (Å²) < 4.78 is 9.77. The van der Waals surface area contributed by atoms with E-state index >= 15 is 0 Å². The highest BCUT2D eigenvalue weighted by Gasteiger charge is 2.10. The molecule has 1 rings (SSSR count). The number of methoxy groups -OCH3 is 1. The van der Waals surface area contributed by atoms with E-state index < -0.39 is 0 Å². The van der Waals surface area contributed by atoms with Crippen LogP contribution < -0.4 is 0 Å². The Kier molecular flexibility index (Phi) is 7.84. The van der Waals surface area contributed by atoms with Crippen LogP contribution in [-0.2, 0) is 14.3 Å². The highest BCUT2D eigenvalue weighted by molar-refractivity contribution is 5.85. The molecule has 0 atom stereocenters. The number of hydrogen-bond donors (Lipinski definition) is 0. The van der Waals surface area contributed by atoms with Gasteiger partial charge < -0.3 is 9.47 Å². The molecule has 5 heteroatoms. The number of ether oxygens (including phenoxy) is 2. The SMILES string of the molecule is COC(=O)CCCN1CCOCC1.Cl. The van der Waals surface area contributed by atoms with Gasteiger partial charge in [-0.15, -0.1) is 12.4 Å². The van der Waals surface area contributed by atoms with Crippen LogP contribution in [0.2, 0.25) is 0 Å². The lowest BCUT2D eigenvalue weighted by molar-refractivity contribution is -0.140. The highest BCUT2D eigenvalue weighted by atomic mass is 35.5. The molecule has 0 unspecified atom stereocenters. The molecule has 1 saturated heterocycles. The fourth-order valence-corrected chi connectivity index (χ4v) is 1.37. The second-order valence-corrected chi connectivity index (χ2v) is 3.13. The number of esters is 1. The molecule has 0 aromatic rings. The fraction of sp³-hybridized carbons (Fsp3) is 0.889. The minimum Gasteiger partial charge on any atom is -0.469 e. The van der Waals surface area contributed by atoms with Gasteiger partial charge in [-0.05, 0) is 13.0 Å². The van der Waals surface area contributed by atoms with Gasteiger partial charge in [0.15, 0.2) is 0 Å². The van der Waals surface area contributed by atoms with E-state index in [0.29, 0.717) is 6.42 Å². The van der Waals surface area contributed by atoms with Gasteiger partial charge in [-0.1, -0.05) is 0 Å². The van der Waals surface area contributed by atoms with Crippen molar-refractivity contribution in [1.82, 2.24) is 4.90 Å². The highest BCUT2D eigenvalue weighted by Crippen LogP contribution is 2.00. The molecule has 14 heavy (non-hydrogen) atoms. The summed E-state index contributed by atoms with van der Waals surface area (Å²) in [6, 6.07) is 0. The zero-order chi connectivity index (χ0) is 9.52. The number of carbonyl (C=O) groups is 1. The lowest BCUT2D eigenvalue weighted by atomic mass is 10.3. The molecule has 0 aromatic heterocycles. The van der Waals surface area contributed by atoms with Crippen molar-refractivity contribution in [2.24, 2.45) is 0 Å². The van der Waals surface area contributed by atoms with E-state index in [-0.39, 0.29) is 18.4 Å². The van der Waals surface area contributed by atoms with Gasteiger partial charge in [0, 0.05) is 19.5 Å². The van der Waals surface area contributed by atoms with Crippen LogP contribution in [-0.4, -0.2) is 50.8 Å². The van der Waals surface area contributed by atoms with Gasteiger partial charge in [0.25, 0.3) is 0 Å². The lowest BCUT2D eigenvalue weighted by Gasteiger charge is -2.26. The first-order chi connectivity index (χ1) is 6.33. The summed E-state index contributed by atoms with van der Waals surface area (Å²) in [5.74, 6) is -0.117. The first kappa shape index (κ1) is 13.7. The third-order valence-electron chi connectivity index (χ3n) is 2.19. The normalized spacial score (nSPS) is 17.2. The average molecular weight is 224 g/mol. The topological polar surface area (TPSA) is 38.8 Å². The van der Waals surface area contributed by atoms with Crippen molar-refractivity contribution < 1.29 is 14.3 Å². The summed E-state index contributed by atoms with van der Waals surface area (Å²) in [6.07, 6.45) is 1.40. The van der Waals surface area contributed by atoms with Crippen molar-refractivity contribution in [3.8, 4) is 0 Å². The van der Waals surface area contributed by atoms with E-state index in [1.54, 1.807) is 0 Å². The van der Waals surface area contributed by atoms with Crippen LogP contribution in [0.25, 0.3) is 0 Å². The molecule has 84 valence electrons. The van der Waals surface area contributed by atoms with E-state index in [1.165, 1.54) is 7.11 Å². The Morgan fingerprint density at radius 1 is 1.43 bits per heavy atom. The number of nitrogens with zero attached hydrogens (tertiary/aromatic N) is 1. The van der Waals surface area contributed by atoms with Crippen LogP contribution in [0.5, 0.6) is 0 Å². The van der Waals surface area contributed by atoms with Crippen molar-refractivity contribution in [3.63, 3.8) is 0 Å². The maximum absolute atomic E-state index is 10.8. The molecule has 0 saturated carbocycles. The van der Waals surface area contributed by atoms with E-state index in [1.807, 2.05) is 0 Å². The third kappa shape index (κ3) is 5.42. The zero-order valence-electron chi connectivity index (χ0n) is 8.53. The number of rotatable bonds is 4. The minimum atomic E-state index is -0.117. The van der Waals surface area contributed by atoms with Gasteiger partial charge in [-0.2, -0.15) is 0 Å². The molecule has 0 spiro atoms. The van der Waals surface area contributed by atoms with Crippen molar-refractivity contribution in [1.29, 1.82) is 0 Å². The van der Waals surface area contributed by atoms with E-state index in [2.05, 4.69) is 9.64 Å². The first-order valence-corrected chi connectivity index (χ1v) is 4.70. The molecule has 0 bridgehead atoms. The Bertz CT molecular complexity index is 160. The minimum absolute atomic E-state index is 0. The fourth-order valence-electron chi connectivity index (χ4n) is 1.37. The number of carbonyl (C=O) groups excluding carboxylic acids is 1. The second kappa shape index (κ2) is 8.03. The molecular weight excluding hydrogens is 206 g/mol. The summed E-state index contributed by atoms with van der Waals surface area (Å²) in [5.41, 5.74) is 0. The smallest absolute Gasteiger partial charge is 0.305 e. The molecule has 4 nitrogen and oxygen atoms in total. The van der Waals surface area contributed by atoms with Crippen molar-refractivity contribution in [2.75, 3.05) is 40.0 Å². The third-order valence-corrected chi connectivity index (χ3v) is 2.19. The van der Waals surface area contributed by atoms with Crippen LogP contribution in [0.4, 0.5) is 0 Å². The van der Waals surface area contributed by atoms with Crippen LogP contribution in [0.1, 0.15) is 12.8 Å².